The van der Waals surface area contributed by atoms with Crippen LogP contribution in [0.3, 0.4) is 0 Å². The van der Waals surface area contributed by atoms with Gasteiger partial charge in [-0.1, -0.05) is 55.5 Å². The number of thioether (sulfide) groups is 1. The van der Waals surface area contributed by atoms with Gasteiger partial charge < -0.3 is 4.90 Å². The van der Waals surface area contributed by atoms with E-state index < -0.39 is 0 Å². The van der Waals surface area contributed by atoms with Crippen LogP contribution in [0.15, 0.2) is 54.6 Å². The Kier molecular flexibility index (Phi) is 3.75. The molecule has 0 N–H and O–H groups in total. The zero-order chi connectivity index (χ0) is 14.0. The van der Waals surface area contributed by atoms with Crippen LogP contribution in [0.1, 0.15) is 18.1 Å². The van der Waals surface area contributed by atoms with Gasteiger partial charge in [-0.3, -0.25) is 0 Å². The van der Waals surface area contributed by atoms with E-state index >= 15 is 0 Å². The van der Waals surface area contributed by atoms with Crippen molar-refractivity contribution >= 4 is 17.4 Å². The lowest BCUT2D eigenvalue weighted by Crippen LogP contribution is -2.32. The molecular weight excluding hydrogens is 262 g/mol. The fourth-order valence-electron chi connectivity index (χ4n) is 3.24. The molecule has 2 heteroatoms. The van der Waals surface area contributed by atoms with Crippen molar-refractivity contribution in [1.29, 1.82) is 0 Å². The lowest BCUT2D eigenvalue weighted by atomic mass is 9.87. The predicted molar refractivity (Wildman–Crippen MR) is 89.7 cm³/mol. The predicted octanol–water partition coefficient (Wildman–Crippen LogP) is 4.33. The Hall–Kier alpha value is -1.41. The van der Waals surface area contributed by atoms with Crippen LogP contribution >= 0.6 is 11.8 Å². The summed E-state index contributed by atoms with van der Waals surface area (Å²) in [6.07, 6.45) is 2.20. The molecule has 20 heavy (non-hydrogen) atoms. The molecule has 0 amide bonds. The Bertz CT molecular complexity index is 581. The first kappa shape index (κ1) is 13.6. The van der Waals surface area contributed by atoms with E-state index in [9.17, 15) is 0 Å². The zero-order valence-electron chi connectivity index (χ0n) is 12.2. The molecule has 0 saturated heterocycles. The number of benzene rings is 2. The molecule has 0 radical (unpaired) electrons. The van der Waals surface area contributed by atoms with Crippen LogP contribution in [0.5, 0.6) is 0 Å². The molecular formula is C18H21NS. The molecule has 0 aromatic heterocycles. The quantitative estimate of drug-likeness (QED) is 0.821. The van der Waals surface area contributed by atoms with Gasteiger partial charge >= 0.3 is 0 Å². The highest BCUT2D eigenvalue weighted by Gasteiger charge is 2.37. The second-order valence-electron chi connectivity index (χ2n) is 5.85. The second kappa shape index (κ2) is 5.53. The maximum absolute atomic E-state index is 2.53. The number of hydrogen-bond donors (Lipinski definition) is 0. The van der Waals surface area contributed by atoms with Gasteiger partial charge in [-0.2, -0.15) is 11.8 Å². The van der Waals surface area contributed by atoms with E-state index in [0.717, 1.165) is 13.1 Å². The molecule has 0 fully saturated rings. The summed E-state index contributed by atoms with van der Waals surface area (Å²) in [6.45, 7) is 4.51. The van der Waals surface area contributed by atoms with Gasteiger partial charge in [0.2, 0.25) is 0 Å². The van der Waals surface area contributed by atoms with E-state index in [-0.39, 0.29) is 5.41 Å². The molecule has 0 spiro atoms. The van der Waals surface area contributed by atoms with Crippen molar-refractivity contribution < 1.29 is 0 Å². The minimum absolute atomic E-state index is 0.269. The average molecular weight is 283 g/mol. The minimum Gasteiger partial charge on any atom is -0.366 e. The molecule has 1 nitrogen and oxygen atoms in total. The van der Waals surface area contributed by atoms with Gasteiger partial charge in [0.25, 0.3) is 0 Å². The molecule has 0 unspecified atom stereocenters. The van der Waals surface area contributed by atoms with E-state index in [2.05, 4.69) is 72.7 Å². The number of rotatable bonds is 4. The number of para-hydroxylation sites is 1. The third-order valence-corrected chi connectivity index (χ3v) is 5.04. The summed E-state index contributed by atoms with van der Waals surface area (Å²) in [5, 5.41) is 0. The molecule has 3 rings (SSSR count). The Morgan fingerprint density at radius 2 is 1.75 bits per heavy atom. The average Bonchev–Trinajstić information content (AvgIpc) is 2.74. The standard InChI is InChI=1S/C18H21NS/c1-18(14-20-2)13-19(12-15-8-4-3-5-9-15)17-11-7-6-10-16(17)18/h3-11H,12-14H2,1-2H3/t18-/m0/s1. The number of anilines is 1. The highest BCUT2D eigenvalue weighted by molar-refractivity contribution is 7.98. The van der Waals surface area contributed by atoms with E-state index in [1.165, 1.54) is 22.6 Å². The van der Waals surface area contributed by atoms with Gasteiger partial charge in [0, 0.05) is 29.9 Å². The number of fused-ring (bicyclic) bond motifs is 1. The van der Waals surface area contributed by atoms with Crippen LogP contribution in [0.4, 0.5) is 5.69 Å². The lowest BCUT2D eigenvalue weighted by molar-refractivity contribution is 0.560. The molecule has 2 aromatic rings. The summed E-state index contributed by atoms with van der Waals surface area (Å²) >= 11 is 1.94. The molecule has 1 heterocycles. The number of nitrogens with zero attached hydrogens (tertiary/aromatic N) is 1. The van der Waals surface area contributed by atoms with E-state index in [1.807, 2.05) is 11.8 Å². The Balaban J connectivity index is 1.91. The SMILES string of the molecule is CSC[C@]1(C)CN(Cc2ccccc2)c2ccccc21. The molecule has 1 aliphatic heterocycles. The molecule has 104 valence electrons. The highest BCUT2D eigenvalue weighted by Crippen LogP contribution is 2.42. The van der Waals surface area contributed by atoms with Crippen LogP contribution < -0.4 is 4.90 Å². The summed E-state index contributed by atoms with van der Waals surface area (Å²) in [5.41, 5.74) is 4.57. The Labute approximate surface area is 126 Å². The van der Waals surface area contributed by atoms with Crippen molar-refractivity contribution in [3.8, 4) is 0 Å². The molecule has 0 saturated carbocycles. The Morgan fingerprint density at radius 3 is 2.50 bits per heavy atom. The van der Waals surface area contributed by atoms with Crippen LogP contribution in [-0.4, -0.2) is 18.6 Å². The molecule has 1 aliphatic rings. The summed E-state index contributed by atoms with van der Waals surface area (Å²) in [7, 11) is 0. The maximum Gasteiger partial charge on any atom is 0.0429 e. The van der Waals surface area contributed by atoms with E-state index in [1.54, 1.807) is 0 Å². The first-order valence-electron chi connectivity index (χ1n) is 7.10. The largest absolute Gasteiger partial charge is 0.366 e. The van der Waals surface area contributed by atoms with E-state index in [4.69, 9.17) is 0 Å². The first-order chi connectivity index (χ1) is 9.73. The van der Waals surface area contributed by atoms with Gasteiger partial charge in [-0.05, 0) is 23.4 Å². The van der Waals surface area contributed by atoms with Crippen molar-refractivity contribution in [2.45, 2.75) is 18.9 Å². The van der Waals surface area contributed by atoms with Crippen LogP contribution in [0.25, 0.3) is 0 Å². The molecule has 1 atom stereocenters. The third-order valence-electron chi connectivity index (χ3n) is 4.11. The Morgan fingerprint density at radius 1 is 1.05 bits per heavy atom. The molecule has 2 aromatic carbocycles. The maximum atomic E-state index is 2.53. The van der Waals surface area contributed by atoms with Gasteiger partial charge in [-0.15, -0.1) is 0 Å². The summed E-state index contributed by atoms with van der Waals surface area (Å²) in [4.78, 5) is 2.53. The fraction of sp³-hybridized carbons (Fsp3) is 0.333. The monoisotopic (exact) mass is 283 g/mol. The van der Waals surface area contributed by atoms with Crippen molar-refractivity contribution in [3.63, 3.8) is 0 Å². The fourth-order valence-corrected chi connectivity index (χ4v) is 4.12. The van der Waals surface area contributed by atoms with Gasteiger partial charge in [0.15, 0.2) is 0 Å². The van der Waals surface area contributed by atoms with Crippen molar-refractivity contribution in [1.82, 2.24) is 0 Å². The van der Waals surface area contributed by atoms with Gasteiger partial charge in [0.1, 0.15) is 0 Å². The van der Waals surface area contributed by atoms with Crippen molar-refractivity contribution in [2.75, 3.05) is 23.5 Å². The van der Waals surface area contributed by atoms with Crippen LogP contribution in [0.2, 0.25) is 0 Å². The first-order valence-corrected chi connectivity index (χ1v) is 8.50. The van der Waals surface area contributed by atoms with Gasteiger partial charge in [0.05, 0.1) is 0 Å². The summed E-state index contributed by atoms with van der Waals surface area (Å²) in [5.74, 6) is 1.18. The van der Waals surface area contributed by atoms with Crippen molar-refractivity contribution in [2.24, 2.45) is 0 Å². The lowest BCUT2D eigenvalue weighted by Gasteiger charge is -2.25. The van der Waals surface area contributed by atoms with Crippen LogP contribution in [-0.2, 0) is 12.0 Å². The van der Waals surface area contributed by atoms with E-state index in [0.29, 0.717) is 0 Å². The summed E-state index contributed by atoms with van der Waals surface area (Å²) < 4.78 is 0. The normalized spacial score (nSPS) is 21.0. The highest BCUT2D eigenvalue weighted by atomic mass is 32.2. The second-order valence-corrected chi connectivity index (χ2v) is 6.72. The third kappa shape index (κ3) is 2.45. The zero-order valence-corrected chi connectivity index (χ0v) is 13.0. The number of hydrogen-bond acceptors (Lipinski definition) is 2. The van der Waals surface area contributed by atoms with Gasteiger partial charge in [-0.25, -0.2) is 0 Å². The molecule has 0 aliphatic carbocycles. The smallest absolute Gasteiger partial charge is 0.0429 e. The van der Waals surface area contributed by atoms with Crippen LogP contribution in [0, 0.1) is 0 Å². The van der Waals surface area contributed by atoms with Crippen molar-refractivity contribution in [3.05, 3.63) is 65.7 Å². The molecule has 0 bridgehead atoms. The minimum atomic E-state index is 0.269. The summed E-state index contributed by atoms with van der Waals surface area (Å²) in [6, 6.07) is 19.7. The topological polar surface area (TPSA) is 3.24 Å².